The van der Waals surface area contributed by atoms with E-state index in [9.17, 15) is 4.79 Å². The Morgan fingerprint density at radius 1 is 1.10 bits per heavy atom. The third-order valence-corrected chi connectivity index (χ3v) is 4.76. The van der Waals surface area contributed by atoms with Gasteiger partial charge in [-0.3, -0.25) is 4.79 Å². The lowest BCUT2D eigenvalue weighted by Crippen LogP contribution is -2.07. The third-order valence-electron chi connectivity index (χ3n) is 4.76. The number of anilines is 2. The molecule has 0 saturated heterocycles. The van der Waals surface area contributed by atoms with Gasteiger partial charge in [0.05, 0.1) is 6.61 Å². The topological polar surface area (TPSA) is 127 Å². The van der Waals surface area contributed by atoms with Gasteiger partial charge in [0, 0.05) is 36.5 Å². The van der Waals surface area contributed by atoms with E-state index >= 15 is 0 Å². The number of hydrogen-bond donors (Lipinski definition) is 3. The Balaban J connectivity index is 1.38. The molecule has 4 rings (SSSR count). The Morgan fingerprint density at radius 3 is 2.65 bits per heavy atom. The predicted molar refractivity (Wildman–Crippen MR) is 116 cm³/mol. The number of nitrogen functional groups attached to an aromatic ring is 1. The number of aromatic nitrogens is 3. The molecule has 2 aromatic heterocycles. The van der Waals surface area contributed by atoms with Crippen molar-refractivity contribution in [1.29, 1.82) is 0 Å². The molecule has 0 unspecified atom stereocenters. The van der Waals surface area contributed by atoms with Gasteiger partial charge in [-0.2, -0.15) is 0 Å². The maximum atomic E-state index is 12.5. The molecule has 2 heterocycles. The number of benzene rings is 2. The lowest BCUT2D eigenvalue weighted by atomic mass is 10.0. The molecule has 0 fully saturated rings. The van der Waals surface area contributed by atoms with Crippen LogP contribution in [0, 0.1) is 0 Å². The first-order valence-corrected chi connectivity index (χ1v) is 9.71. The predicted octanol–water partition coefficient (Wildman–Crippen LogP) is 3.24. The molecule has 0 aliphatic carbocycles. The van der Waals surface area contributed by atoms with Crippen molar-refractivity contribution in [2.24, 2.45) is 0 Å². The van der Waals surface area contributed by atoms with Crippen LogP contribution in [0.4, 0.5) is 11.6 Å². The molecule has 0 bridgehead atoms. The van der Waals surface area contributed by atoms with Crippen LogP contribution in [0.15, 0.2) is 71.4 Å². The zero-order chi connectivity index (χ0) is 21.6. The Kier molecular flexibility index (Phi) is 6.00. The average molecular weight is 415 g/mol. The summed E-state index contributed by atoms with van der Waals surface area (Å²) in [5, 5.41) is 16.0. The van der Waals surface area contributed by atoms with Crippen LogP contribution in [0.2, 0.25) is 0 Å². The maximum Gasteiger partial charge on any atom is 0.223 e. The molecule has 8 nitrogen and oxygen atoms in total. The van der Waals surface area contributed by atoms with Crippen LogP contribution in [0.1, 0.15) is 27.2 Å². The Bertz CT molecular complexity index is 1190. The molecule has 0 aliphatic rings. The second-order valence-corrected chi connectivity index (χ2v) is 6.96. The van der Waals surface area contributed by atoms with E-state index in [1.807, 2.05) is 30.3 Å². The van der Waals surface area contributed by atoms with Crippen molar-refractivity contribution >= 4 is 17.4 Å². The Labute approximate surface area is 178 Å². The molecule has 0 radical (unpaired) electrons. The first kappa shape index (κ1) is 20.2. The number of aliphatic hydroxyl groups is 1. The lowest BCUT2D eigenvalue weighted by Gasteiger charge is -2.08. The van der Waals surface area contributed by atoms with Crippen LogP contribution >= 0.6 is 0 Å². The molecule has 8 heteroatoms. The molecular weight excluding hydrogens is 394 g/mol. The maximum absolute atomic E-state index is 12.5. The van der Waals surface area contributed by atoms with E-state index in [1.54, 1.807) is 36.5 Å². The number of rotatable bonds is 8. The van der Waals surface area contributed by atoms with E-state index in [4.69, 9.17) is 15.4 Å². The number of carbonyl (C=O) groups excluding carboxylic acids is 1. The van der Waals surface area contributed by atoms with Gasteiger partial charge >= 0.3 is 0 Å². The molecule has 0 spiro atoms. The van der Waals surface area contributed by atoms with E-state index in [-0.39, 0.29) is 18.8 Å². The fraction of sp³-hybridized carbons (Fsp3) is 0.130. The molecule has 2 aromatic carbocycles. The smallest absolute Gasteiger partial charge is 0.223 e. The minimum atomic E-state index is -0.197. The molecule has 0 aliphatic heterocycles. The van der Waals surface area contributed by atoms with Crippen LogP contribution in [0.3, 0.4) is 0 Å². The first-order chi connectivity index (χ1) is 15.1. The summed E-state index contributed by atoms with van der Waals surface area (Å²) in [4.78, 5) is 21.1. The van der Waals surface area contributed by atoms with Gasteiger partial charge in [0.15, 0.2) is 11.5 Å². The summed E-state index contributed by atoms with van der Waals surface area (Å²) >= 11 is 0. The number of nitrogens with one attached hydrogen (secondary N) is 1. The largest absolute Gasteiger partial charge is 0.398 e. The van der Waals surface area contributed by atoms with Crippen molar-refractivity contribution in [2.75, 3.05) is 11.1 Å². The van der Waals surface area contributed by atoms with Gasteiger partial charge in [-0.05, 0) is 23.3 Å². The summed E-state index contributed by atoms with van der Waals surface area (Å²) in [6, 6.07) is 18.1. The van der Waals surface area contributed by atoms with Gasteiger partial charge in [-0.25, -0.2) is 9.97 Å². The monoisotopic (exact) mass is 415 g/mol. The van der Waals surface area contributed by atoms with Gasteiger partial charge in [0.25, 0.3) is 0 Å². The molecule has 4 N–H and O–H groups in total. The molecular formula is C23H21N5O3. The normalized spacial score (nSPS) is 10.7. The van der Waals surface area contributed by atoms with Gasteiger partial charge in [0.2, 0.25) is 5.95 Å². The average Bonchev–Trinajstić information content (AvgIpc) is 3.29. The summed E-state index contributed by atoms with van der Waals surface area (Å²) < 4.78 is 5.18. The molecule has 31 heavy (non-hydrogen) atoms. The van der Waals surface area contributed by atoms with Crippen molar-refractivity contribution in [1.82, 2.24) is 15.1 Å². The summed E-state index contributed by atoms with van der Waals surface area (Å²) in [7, 11) is 0. The van der Waals surface area contributed by atoms with Crippen LogP contribution < -0.4 is 11.1 Å². The second-order valence-electron chi connectivity index (χ2n) is 6.96. The number of aliphatic hydroxyl groups excluding tert-OH is 1. The highest BCUT2D eigenvalue weighted by Crippen LogP contribution is 2.19. The second kappa shape index (κ2) is 9.19. The first-order valence-electron chi connectivity index (χ1n) is 9.71. The quantitative estimate of drug-likeness (QED) is 0.296. The van der Waals surface area contributed by atoms with E-state index in [2.05, 4.69) is 20.4 Å². The molecule has 4 aromatic rings. The van der Waals surface area contributed by atoms with E-state index < -0.39 is 0 Å². The molecule has 156 valence electrons. The summed E-state index contributed by atoms with van der Waals surface area (Å²) in [6.07, 6.45) is 1.88. The number of nitrogens with two attached hydrogens (primary N) is 1. The molecule has 0 atom stereocenters. The van der Waals surface area contributed by atoms with Crippen LogP contribution in [0.5, 0.6) is 0 Å². The number of hydrogen-bond acceptors (Lipinski definition) is 8. The van der Waals surface area contributed by atoms with Crippen molar-refractivity contribution in [3.8, 4) is 11.5 Å². The fourth-order valence-corrected chi connectivity index (χ4v) is 3.05. The fourth-order valence-electron chi connectivity index (χ4n) is 3.05. The third kappa shape index (κ3) is 4.93. The number of para-hydroxylation sites is 1. The van der Waals surface area contributed by atoms with Crippen LogP contribution in [-0.2, 0) is 19.6 Å². The summed E-state index contributed by atoms with van der Waals surface area (Å²) in [5.41, 5.74) is 9.99. The summed E-state index contributed by atoms with van der Waals surface area (Å²) in [6.45, 7) is 0.290. The SMILES string of the molecule is Nc1ccccc1CC(=O)c1ccc(CNc2nccc(-c3cc(CO)no3)n2)cc1. The minimum absolute atomic E-state index is 0.0164. The standard InChI is InChI=1S/C23H21N5O3/c24-19-4-2-1-3-17(19)11-21(30)16-7-5-15(6-8-16)13-26-23-25-10-9-20(27-23)22-12-18(14-29)28-31-22/h1-10,12,29H,11,13-14,24H2,(H,25,26,27). The minimum Gasteiger partial charge on any atom is -0.398 e. The van der Waals surface area contributed by atoms with Gasteiger partial charge < -0.3 is 20.7 Å². The lowest BCUT2D eigenvalue weighted by molar-refractivity contribution is 0.0993. The van der Waals surface area contributed by atoms with Gasteiger partial charge in [-0.15, -0.1) is 0 Å². The van der Waals surface area contributed by atoms with Crippen molar-refractivity contribution in [3.05, 3.63) is 89.2 Å². The molecule has 0 amide bonds. The van der Waals surface area contributed by atoms with Crippen LogP contribution in [-0.4, -0.2) is 26.0 Å². The Hall–Kier alpha value is -4.04. The van der Waals surface area contributed by atoms with E-state index in [0.717, 1.165) is 11.1 Å². The highest BCUT2D eigenvalue weighted by molar-refractivity contribution is 5.98. The zero-order valence-corrected chi connectivity index (χ0v) is 16.7. The number of ketones is 1. The zero-order valence-electron chi connectivity index (χ0n) is 16.7. The number of nitrogens with zero attached hydrogens (tertiary/aromatic N) is 3. The number of carbonyl (C=O) groups is 1. The van der Waals surface area contributed by atoms with Gasteiger partial charge in [0.1, 0.15) is 11.4 Å². The highest BCUT2D eigenvalue weighted by atomic mass is 16.5. The van der Waals surface area contributed by atoms with Crippen LogP contribution in [0.25, 0.3) is 11.5 Å². The number of Topliss-reactive ketones (excluding diaryl/α,β-unsaturated/α-hetero) is 1. The Morgan fingerprint density at radius 2 is 1.90 bits per heavy atom. The van der Waals surface area contributed by atoms with E-state index in [0.29, 0.717) is 40.9 Å². The van der Waals surface area contributed by atoms with E-state index in [1.165, 1.54) is 0 Å². The van der Waals surface area contributed by atoms with Crippen molar-refractivity contribution < 1.29 is 14.4 Å². The van der Waals surface area contributed by atoms with Gasteiger partial charge in [-0.1, -0.05) is 47.6 Å². The molecule has 0 saturated carbocycles. The van der Waals surface area contributed by atoms with Crippen molar-refractivity contribution in [2.45, 2.75) is 19.6 Å². The van der Waals surface area contributed by atoms with Crippen molar-refractivity contribution in [3.63, 3.8) is 0 Å². The highest BCUT2D eigenvalue weighted by Gasteiger charge is 2.10. The summed E-state index contributed by atoms with van der Waals surface area (Å²) in [5.74, 6) is 0.901.